The SMILES string of the molecule is Cc1c(O)c(C23CC4CC(CC(C4)C2)C3)c(C23CC4CC(CC(C4)C2)C3)c(O)c1C12CC3CC(CC(C3)C1)C2. The molecular formula is C37H50O2. The van der Waals surface area contributed by atoms with Crippen molar-refractivity contribution in [3.05, 3.63) is 22.3 Å². The molecule has 0 spiro atoms. The van der Waals surface area contributed by atoms with E-state index in [0.29, 0.717) is 5.75 Å². The monoisotopic (exact) mass is 526 g/mol. The molecule has 2 nitrogen and oxygen atoms in total. The van der Waals surface area contributed by atoms with Crippen molar-refractivity contribution < 1.29 is 10.2 Å². The summed E-state index contributed by atoms with van der Waals surface area (Å²) in [5, 5.41) is 25.6. The number of aromatic hydroxyl groups is 2. The summed E-state index contributed by atoms with van der Waals surface area (Å²) in [5.74, 6) is 9.07. The first kappa shape index (κ1) is 23.4. The van der Waals surface area contributed by atoms with Crippen LogP contribution in [0.15, 0.2) is 0 Å². The van der Waals surface area contributed by atoms with Gasteiger partial charge in [0.1, 0.15) is 11.5 Å². The summed E-state index contributed by atoms with van der Waals surface area (Å²) < 4.78 is 0. The van der Waals surface area contributed by atoms with Gasteiger partial charge in [0.15, 0.2) is 0 Å². The molecule has 1 aromatic rings. The van der Waals surface area contributed by atoms with Crippen molar-refractivity contribution in [3.8, 4) is 11.5 Å². The molecule has 12 saturated carbocycles. The third-order valence-electron chi connectivity index (χ3n) is 15.4. The molecule has 12 fully saturated rings. The molecule has 0 amide bonds. The van der Waals surface area contributed by atoms with Gasteiger partial charge in [0.25, 0.3) is 0 Å². The summed E-state index contributed by atoms with van der Waals surface area (Å²) in [7, 11) is 0. The minimum atomic E-state index is 0.122. The highest BCUT2D eigenvalue weighted by Gasteiger charge is 2.60. The molecule has 0 saturated heterocycles. The lowest BCUT2D eigenvalue weighted by atomic mass is 9.43. The fourth-order valence-corrected chi connectivity index (χ4v) is 15.8. The van der Waals surface area contributed by atoms with Crippen molar-refractivity contribution >= 4 is 0 Å². The van der Waals surface area contributed by atoms with Gasteiger partial charge in [-0.2, -0.15) is 0 Å². The van der Waals surface area contributed by atoms with Crippen molar-refractivity contribution in [3.63, 3.8) is 0 Å². The van der Waals surface area contributed by atoms with E-state index < -0.39 is 0 Å². The number of phenolic OH excluding ortho intramolecular Hbond substituents is 2. The van der Waals surface area contributed by atoms with Crippen LogP contribution in [0.5, 0.6) is 11.5 Å². The summed E-state index contributed by atoms with van der Waals surface area (Å²) in [6.07, 6.45) is 24.4. The van der Waals surface area contributed by atoms with Crippen LogP contribution in [0, 0.1) is 60.2 Å². The highest BCUT2D eigenvalue weighted by molar-refractivity contribution is 5.66. The Kier molecular flexibility index (Phi) is 4.45. The maximum atomic E-state index is 13.0. The first-order chi connectivity index (χ1) is 18.8. The smallest absolute Gasteiger partial charge is 0.123 e. The van der Waals surface area contributed by atoms with Gasteiger partial charge in [-0.15, -0.1) is 0 Å². The van der Waals surface area contributed by atoms with Crippen molar-refractivity contribution in [1.29, 1.82) is 0 Å². The van der Waals surface area contributed by atoms with Crippen LogP contribution in [-0.4, -0.2) is 10.2 Å². The van der Waals surface area contributed by atoms with E-state index in [1.165, 1.54) is 132 Å². The van der Waals surface area contributed by atoms with Crippen LogP contribution in [0.1, 0.15) is 138 Å². The molecule has 13 rings (SSSR count). The fraction of sp³-hybridized carbons (Fsp3) is 0.838. The Bertz CT molecular complexity index is 1150. The van der Waals surface area contributed by atoms with Crippen molar-refractivity contribution in [2.24, 2.45) is 53.3 Å². The van der Waals surface area contributed by atoms with Gasteiger partial charge in [0.05, 0.1) is 0 Å². The molecule has 2 N–H and O–H groups in total. The molecule has 2 heteroatoms. The van der Waals surface area contributed by atoms with Crippen LogP contribution < -0.4 is 0 Å². The van der Waals surface area contributed by atoms with Crippen LogP contribution in [0.4, 0.5) is 0 Å². The summed E-state index contributed by atoms with van der Waals surface area (Å²) in [6, 6.07) is 0. The average molecular weight is 527 g/mol. The van der Waals surface area contributed by atoms with Gasteiger partial charge >= 0.3 is 0 Å². The highest BCUT2D eigenvalue weighted by atomic mass is 16.3. The molecule has 210 valence electrons. The van der Waals surface area contributed by atoms with Gasteiger partial charge in [-0.05, 0) is 181 Å². The maximum absolute atomic E-state index is 13.0. The van der Waals surface area contributed by atoms with Gasteiger partial charge in [0.2, 0.25) is 0 Å². The molecule has 0 atom stereocenters. The molecule has 0 radical (unpaired) electrons. The normalized spacial score (nSPS) is 53.7. The molecule has 12 aliphatic carbocycles. The Morgan fingerprint density at radius 3 is 0.897 bits per heavy atom. The molecule has 0 heterocycles. The largest absolute Gasteiger partial charge is 0.507 e. The summed E-state index contributed by atoms with van der Waals surface area (Å²) in [4.78, 5) is 0. The molecule has 39 heavy (non-hydrogen) atoms. The van der Waals surface area contributed by atoms with E-state index in [1.807, 2.05) is 0 Å². The van der Waals surface area contributed by atoms with Crippen LogP contribution in [0.2, 0.25) is 0 Å². The van der Waals surface area contributed by atoms with Crippen molar-refractivity contribution in [2.75, 3.05) is 0 Å². The van der Waals surface area contributed by atoms with Gasteiger partial charge in [-0.1, -0.05) is 0 Å². The minimum absolute atomic E-state index is 0.122. The van der Waals surface area contributed by atoms with Crippen molar-refractivity contribution in [2.45, 2.75) is 139 Å². The molecule has 12 bridgehead atoms. The highest BCUT2D eigenvalue weighted by Crippen LogP contribution is 2.71. The Labute approximate surface area is 235 Å². The van der Waals surface area contributed by atoms with E-state index in [1.54, 1.807) is 0 Å². The minimum Gasteiger partial charge on any atom is -0.507 e. The third-order valence-corrected chi connectivity index (χ3v) is 15.4. The van der Waals surface area contributed by atoms with E-state index in [0.717, 1.165) is 64.6 Å². The van der Waals surface area contributed by atoms with E-state index >= 15 is 0 Å². The number of rotatable bonds is 3. The Balaban J connectivity index is 1.22. The Hall–Kier alpha value is -1.18. The molecule has 0 unspecified atom stereocenters. The second kappa shape index (κ2) is 7.42. The summed E-state index contributed by atoms with van der Waals surface area (Å²) in [5.41, 5.74) is 5.42. The van der Waals surface area contributed by atoms with E-state index in [2.05, 4.69) is 6.92 Å². The first-order valence-electron chi connectivity index (χ1n) is 17.4. The third kappa shape index (κ3) is 3.01. The lowest BCUT2D eigenvalue weighted by Crippen LogP contribution is -2.53. The predicted octanol–water partition coefficient (Wildman–Crippen LogP) is 8.81. The molecule has 0 aliphatic heterocycles. The van der Waals surface area contributed by atoms with Gasteiger partial charge in [0, 0.05) is 32.9 Å². The zero-order valence-electron chi connectivity index (χ0n) is 24.3. The summed E-state index contributed by atoms with van der Waals surface area (Å²) >= 11 is 0. The Morgan fingerprint density at radius 1 is 0.385 bits per heavy atom. The standard InChI is InChI=1S/C37H50O2/c1-20-30(35-11-21-2-22(12-35)4-23(3-21)13-35)34(39)32(37-17-27-8-28(18-37)10-29(9-27)19-37)31(33(20)38)36-14-24-5-25(15-36)7-26(6-24)16-36/h21-29,38-39H,2-19H2,1H3. The zero-order valence-corrected chi connectivity index (χ0v) is 24.3. The second-order valence-electron chi connectivity index (χ2n) is 18.0. The van der Waals surface area contributed by atoms with Crippen LogP contribution in [0.3, 0.4) is 0 Å². The van der Waals surface area contributed by atoms with Crippen LogP contribution >= 0.6 is 0 Å². The molecule has 12 aliphatic rings. The van der Waals surface area contributed by atoms with Gasteiger partial charge in [-0.25, -0.2) is 0 Å². The Morgan fingerprint density at radius 2 is 0.615 bits per heavy atom. The van der Waals surface area contributed by atoms with Crippen LogP contribution in [0.25, 0.3) is 0 Å². The number of hydrogen-bond acceptors (Lipinski definition) is 2. The fourth-order valence-electron chi connectivity index (χ4n) is 15.8. The second-order valence-corrected chi connectivity index (χ2v) is 18.0. The van der Waals surface area contributed by atoms with E-state index in [9.17, 15) is 10.2 Å². The van der Waals surface area contributed by atoms with Crippen LogP contribution in [-0.2, 0) is 16.2 Å². The quantitative estimate of drug-likeness (QED) is 0.386. The van der Waals surface area contributed by atoms with Gasteiger partial charge < -0.3 is 10.2 Å². The average Bonchev–Trinajstić information content (AvgIpc) is 2.83. The van der Waals surface area contributed by atoms with Crippen molar-refractivity contribution in [1.82, 2.24) is 0 Å². The molecule has 1 aromatic carbocycles. The predicted molar refractivity (Wildman–Crippen MR) is 154 cm³/mol. The molecular weight excluding hydrogens is 476 g/mol. The lowest BCUT2D eigenvalue weighted by Gasteiger charge is -2.62. The molecule has 0 aromatic heterocycles. The number of benzene rings is 1. The number of hydrogen-bond donors (Lipinski definition) is 2. The van der Waals surface area contributed by atoms with E-state index in [4.69, 9.17) is 0 Å². The summed E-state index contributed by atoms with van der Waals surface area (Å²) in [6.45, 7) is 2.23. The van der Waals surface area contributed by atoms with Gasteiger partial charge in [-0.3, -0.25) is 0 Å². The first-order valence-corrected chi connectivity index (χ1v) is 17.4. The number of phenols is 2. The zero-order chi connectivity index (χ0) is 25.9. The lowest BCUT2D eigenvalue weighted by molar-refractivity contribution is -0.0206. The van der Waals surface area contributed by atoms with E-state index in [-0.39, 0.29) is 16.2 Å². The topological polar surface area (TPSA) is 40.5 Å². The maximum Gasteiger partial charge on any atom is 0.123 e.